The van der Waals surface area contributed by atoms with Crippen molar-refractivity contribution in [2.24, 2.45) is 0 Å². The molecule has 0 fully saturated rings. The molecule has 7 nitrogen and oxygen atoms in total. The van der Waals surface area contributed by atoms with E-state index >= 15 is 0 Å². The standard InChI is InChI=1S/C74H44N6O.Pt/c1-3-15-51(16-4-1)79-65-35-31-47-39-61(65)62-40-48(32-36-66(62)79)58-24-14-26-60-50-34-38-68-64(42-50)63-41-49(33-37-67(63)80(68)52-17-5-2-6-18-52)59-25-13-23-57(47)73(59)77-45-75(69-27-7-9-29-71(69)77)53-19-11-21-55(43-53)81-56-22-12-20-54(44-56)76-46-78(74(58)60)72-30-10-8-28-70(72)76;/h1-44H;. The van der Waals surface area contributed by atoms with E-state index in [1.165, 1.54) is 29.8 Å². The quantitative estimate of drug-likeness (QED) is 0.172. The van der Waals surface area contributed by atoms with Gasteiger partial charge in [-0.2, -0.15) is 0 Å². The van der Waals surface area contributed by atoms with Crippen LogP contribution in [-0.2, 0) is 17.6 Å². The van der Waals surface area contributed by atoms with Gasteiger partial charge >= 0.3 is 471 Å². The first-order valence-electron chi connectivity index (χ1n) is 27.8. The fourth-order valence-electron chi connectivity index (χ4n) is 13.8. The van der Waals surface area contributed by atoms with Crippen LogP contribution in [0.15, 0.2) is 267 Å². The van der Waals surface area contributed by atoms with Gasteiger partial charge in [-0.15, -0.1) is 0 Å². The molecule has 82 heavy (non-hydrogen) atoms. The van der Waals surface area contributed by atoms with Crippen molar-refractivity contribution in [2.45, 2.75) is 0 Å². The second kappa shape index (κ2) is 16.6. The number of aromatic nitrogens is 2. The van der Waals surface area contributed by atoms with Gasteiger partial charge in [0.2, 0.25) is 0 Å². The maximum atomic E-state index is 6.95. The summed E-state index contributed by atoms with van der Waals surface area (Å²) in [4.78, 5) is 10.4. The van der Waals surface area contributed by atoms with Crippen LogP contribution in [0.3, 0.4) is 0 Å². The fraction of sp³-hybridized carbons (Fsp3) is 0. The molecule has 0 unspecified atom stereocenters. The molecule has 14 aromatic rings. The molecule has 5 aliphatic rings. The van der Waals surface area contributed by atoms with Crippen LogP contribution in [0, 0.1) is 0 Å². The third kappa shape index (κ3) is 6.12. The van der Waals surface area contributed by atoms with Gasteiger partial charge in [-0.25, -0.2) is 0 Å². The summed E-state index contributed by atoms with van der Waals surface area (Å²) in [5.41, 5.74) is 24.9. The Kier molecular flexibility index (Phi) is 9.02. The Balaban J connectivity index is 1.07. The van der Waals surface area contributed by atoms with E-state index in [-0.39, 0.29) is 0 Å². The number of fused-ring (bicyclic) bond motifs is 18. The molecule has 0 saturated carbocycles. The molecule has 12 aromatic carbocycles. The van der Waals surface area contributed by atoms with E-state index in [0.29, 0.717) is 0 Å². The third-order valence-electron chi connectivity index (χ3n) is 17.3. The number of ether oxygens (including phenoxy) is 1. The fourth-order valence-corrected chi connectivity index (χ4v) is 17.4. The van der Waals surface area contributed by atoms with Crippen molar-refractivity contribution in [3.63, 3.8) is 0 Å². The zero-order valence-electron chi connectivity index (χ0n) is 43.8. The molecule has 0 N–H and O–H groups in total. The van der Waals surface area contributed by atoms with Crippen molar-refractivity contribution >= 4 is 97.4 Å². The van der Waals surface area contributed by atoms with Crippen LogP contribution in [0.4, 0.5) is 45.5 Å². The summed E-state index contributed by atoms with van der Waals surface area (Å²) in [6, 6.07) is 99.9. The zero-order valence-corrected chi connectivity index (χ0v) is 46.1. The average Bonchev–Trinajstić information content (AvgIpc) is 3.71. The van der Waals surface area contributed by atoms with E-state index in [9.17, 15) is 0 Å². The number of para-hydroxylation sites is 8. The van der Waals surface area contributed by atoms with Gasteiger partial charge in [0.15, 0.2) is 0 Å². The van der Waals surface area contributed by atoms with Crippen molar-refractivity contribution in [1.29, 1.82) is 0 Å². The molecule has 5 aliphatic heterocycles. The molecular weight excluding hydrogens is 1180 g/mol. The van der Waals surface area contributed by atoms with E-state index < -0.39 is 17.6 Å². The van der Waals surface area contributed by atoms with Gasteiger partial charge < -0.3 is 0 Å². The summed E-state index contributed by atoms with van der Waals surface area (Å²) < 4.78 is 14.2. The minimum atomic E-state index is -1.24. The summed E-state index contributed by atoms with van der Waals surface area (Å²) in [7, 11) is 0. The van der Waals surface area contributed by atoms with Crippen molar-refractivity contribution in [3.8, 4) is 67.4 Å². The number of anilines is 8. The van der Waals surface area contributed by atoms with Gasteiger partial charge in [0.05, 0.1) is 0 Å². The summed E-state index contributed by atoms with van der Waals surface area (Å²) in [6.07, 6.45) is 0. The van der Waals surface area contributed by atoms with Gasteiger partial charge in [-0.05, 0) is 0 Å². The van der Waals surface area contributed by atoms with Crippen LogP contribution in [0.5, 0.6) is 11.5 Å². The van der Waals surface area contributed by atoms with Crippen LogP contribution >= 0.6 is 0 Å². The van der Waals surface area contributed by atoms with Crippen molar-refractivity contribution < 1.29 is 22.4 Å². The summed E-state index contributed by atoms with van der Waals surface area (Å²) in [6.45, 7) is 0. The number of hydrogen-bond acceptors (Lipinski definition) is 5. The number of benzene rings is 12. The van der Waals surface area contributed by atoms with Gasteiger partial charge in [0.25, 0.3) is 0 Å². The number of nitrogens with zero attached hydrogens (tertiary/aromatic N) is 6. The number of hydrogen-bond donors (Lipinski definition) is 0. The third-order valence-corrected chi connectivity index (χ3v) is 20.3. The predicted octanol–water partition coefficient (Wildman–Crippen LogP) is 18.8. The molecule has 0 radical (unpaired) electrons. The molecule has 386 valence electrons. The molecule has 8 heteroatoms. The molecule has 0 spiro atoms. The Labute approximate surface area is 479 Å². The van der Waals surface area contributed by atoms with E-state index in [2.05, 4.69) is 296 Å². The Hall–Kier alpha value is -10.3. The normalized spacial score (nSPS) is 14.1. The SMILES string of the molecule is c1ccc(-n2c3ccc4cc3c3cc(ccc32)-c2cccc3c2N2[C]5=[Pt]=[C]6N(c7cccc(c7)Oc7cccc(c7)N5c5ccccc52)c2ccccc2N6c2c-4cccc2-c2ccc4c(c2)c2cc-3ccc2n4-c2ccccc2)cc1. The summed E-state index contributed by atoms with van der Waals surface area (Å²) in [5, 5.41) is 4.79. The molecular formula is C74H44N6OPt. The second-order valence-corrected chi connectivity index (χ2v) is 24.3. The topological polar surface area (TPSA) is 32.1 Å². The second-order valence-electron chi connectivity index (χ2n) is 21.7. The zero-order chi connectivity index (χ0) is 53.3. The molecule has 0 amide bonds. The first-order chi connectivity index (χ1) is 40.7. The molecule has 0 atom stereocenters. The Morgan fingerprint density at radius 2 is 0.573 bits per heavy atom. The first kappa shape index (κ1) is 44.5. The van der Waals surface area contributed by atoms with E-state index in [4.69, 9.17) is 4.74 Å². The minimum absolute atomic E-state index is 0.778. The average molecular weight is 1230 g/mol. The van der Waals surface area contributed by atoms with Crippen LogP contribution in [0.25, 0.3) is 99.5 Å². The summed E-state index contributed by atoms with van der Waals surface area (Å²) >= 11 is -1.24. The molecule has 0 saturated heterocycles. The van der Waals surface area contributed by atoms with Crippen molar-refractivity contribution in [2.75, 3.05) is 19.6 Å². The van der Waals surface area contributed by atoms with E-state index in [0.717, 1.165) is 135 Å². The van der Waals surface area contributed by atoms with Crippen molar-refractivity contribution in [1.82, 2.24) is 9.13 Å². The molecule has 16 bridgehead atoms. The van der Waals surface area contributed by atoms with Crippen molar-refractivity contribution in [3.05, 3.63) is 267 Å². The summed E-state index contributed by atoms with van der Waals surface area (Å²) in [5.74, 6) is 1.56. The molecule has 0 aliphatic carbocycles. The first-order valence-corrected chi connectivity index (χ1v) is 30.1. The van der Waals surface area contributed by atoms with Gasteiger partial charge in [-0.3, -0.25) is 0 Å². The van der Waals surface area contributed by atoms with Crippen LogP contribution in [0.2, 0.25) is 0 Å². The Morgan fingerprint density at radius 3 is 0.939 bits per heavy atom. The monoisotopic (exact) mass is 1230 g/mol. The Bertz CT molecular complexity index is 4740. The Morgan fingerprint density at radius 1 is 0.256 bits per heavy atom. The molecule has 19 rings (SSSR count). The maximum absolute atomic E-state index is 6.95. The van der Waals surface area contributed by atoms with E-state index in [1.807, 2.05) is 0 Å². The molecule has 2 aromatic heterocycles. The van der Waals surface area contributed by atoms with Gasteiger partial charge in [-0.1, -0.05) is 12.1 Å². The van der Waals surface area contributed by atoms with E-state index in [1.54, 1.807) is 0 Å². The number of rotatable bonds is 2. The van der Waals surface area contributed by atoms with Crippen LogP contribution < -0.4 is 24.3 Å². The van der Waals surface area contributed by atoms with Crippen LogP contribution in [-0.4, -0.2) is 17.4 Å². The molecule has 7 heterocycles. The van der Waals surface area contributed by atoms with Gasteiger partial charge in [0.1, 0.15) is 0 Å². The van der Waals surface area contributed by atoms with Gasteiger partial charge in [0, 0.05) is 0 Å². The predicted molar refractivity (Wildman–Crippen MR) is 335 cm³/mol. The van der Waals surface area contributed by atoms with Crippen LogP contribution in [0.1, 0.15) is 0 Å².